The molecule has 2 nitrogen and oxygen atoms in total. The molecule has 1 aliphatic rings. The van der Waals surface area contributed by atoms with Gasteiger partial charge in [-0.15, -0.1) is 11.6 Å². The molecule has 1 fully saturated rings. The van der Waals surface area contributed by atoms with E-state index in [9.17, 15) is 0 Å². The van der Waals surface area contributed by atoms with Crippen molar-refractivity contribution in [2.75, 3.05) is 0 Å². The summed E-state index contributed by atoms with van der Waals surface area (Å²) in [7, 11) is 0. The van der Waals surface area contributed by atoms with Crippen LogP contribution in [0.3, 0.4) is 0 Å². The molecular formula is C15H18Cl2N2. The van der Waals surface area contributed by atoms with Gasteiger partial charge in [-0.05, 0) is 31.9 Å². The fourth-order valence-corrected chi connectivity index (χ4v) is 3.47. The van der Waals surface area contributed by atoms with E-state index in [1.54, 1.807) is 0 Å². The zero-order chi connectivity index (χ0) is 13.4. The Balaban J connectivity index is 2.18. The van der Waals surface area contributed by atoms with E-state index in [-0.39, 0.29) is 5.38 Å². The van der Waals surface area contributed by atoms with Gasteiger partial charge >= 0.3 is 0 Å². The monoisotopic (exact) mass is 296 g/mol. The van der Waals surface area contributed by atoms with Crippen molar-refractivity contribution in [3.05, 3.63) is 29.0 Å². The molecule has 0 bridgehead atoms. The van der Waals surface area contributed by atoms with Crippen molar-refractivity contribution in [3.8, 4) is 0 Å². The number of halogens is 2. The second kappa shape index (κ2) is 5.34. The minimum absolute atomic E-state index is 0.0922. The first-order chi connectivity index (χ1) is 9.18. The van der Waals surface area contributed by atoms with Crippen LogP contribution in [0.1, 0.15) is 56.3 Å². The van der Waals surface area contributed by atoms with Gasteiger partial charge in [-0.2, -0.15) is 0 Å². The van der Waals surface area contributed by atoms with Gasteiger partial charge in [0, 0.05) is 6.04 Å². The Morgan fingerprint density at radius 1 is 1.26 bits per heavy atom. The van der Waals surface area contributed by atoms with Crippen molar-refractivity contribution >= 4 is 34.2 Å². The Morgan fingerprint density at radius 3 is 2.68 bits per heavy atom. The van der Waals surface area contributed by atoms with Crippen LogP contribution in [0.5, 0.6) is 0 Å². The Labute approximate surface area is 123 Å². The average molecular weight is 297 g/mol. The lowest BCUT2D eigenvalue weighted by Gasteiger charge is -2.26. The number of aromatic nitrogens is 2. The van der Waals surface area contributed by atoms with Crippen molar-refractivity contribution in [2.24, 2.45) is 0 Å². The highest BCUT2D eigenvalue weighted by atomic mass is 35.5. The Hall–Kier alpha value is -0.730. The van der Waals surface area contributed by atoms with Gasteiger partial charge in [0.05, 0.1) is 15.9 Å². The van der Waals surface area contributed by atoms with Crippen molar-refractivity contribution in [3.63, 3.8) is 0 Å². The number of alkyl halides is 1. The van der Waals surface area contributed by atoms with Gasteiger partial charge < -0.3 is 4.57 Å². The Kier molecular flexibility index (Phi) is 3.72. The highest BCUT2D eigenvalue weighted by Gasteiger charge is 2.23. The largest absolute Gasteiger partial charge is 0.324 e. The fourth-order valence-electron chi connectivity index (χ4n) is 3.10. The van der Waals surface area contributed by atoms with Crippen LogP contribution in [-0.4, -0.2) is 9.55 Å². The predicted molar refractivity (Wildman–Crippen MR) is 81.1 cm³/mol. The zero-order valence-corrected chi connectivity index (χ0v) is 12.6. The van der Waals surface area contributed by atoms with Crippen molar-refractivity contribution in [2.45, 2.75) is 50.4 Å². The average Bonchev–Trinajstić information content (AvgIpc) is 2.81. The number of hydrogen-bond donors (Lipinski definition) is 0. The Morgan fingerprint density at radius 2 is 2.00 bits per heavy atom. The molecule has 1 aliphatic carbocycles. The first kappa shape index (κ1) is 13.3. The molecule has 1 unspecified atom stereocenters. The van der Waals surface area contributed by atoms with Gasteiger partial charge in [-0.25, -0.2) is 4.98 Å². The molecular weight excluding hydrogens is 279 g/mol. The third kappa shape index (κ3) is 2.36. The molecule has 1 heterocycles. The van der Waals surface area contributed by atoms with Crippen LogP contribution < -0.4 is 0 Å². The number of imidazole rings is 1. The highest BCUT2D eigenvalue weighted by molar-refractivity contribution is 6.35. The predicted octanol–water partition coefficient (Wildman–Crippen LogP) is 5.49. The first-order valence-electron chi connectivity index (χ1n) is 6.99. The maximum atomic E-state index is 6.32. The SMILES string of the molecule is CC(Cl)c1nc2c(Cl)cccc2n1C1CCCCC1. The summed E-state index contributed by atoms with van der Waals surface area (Å²) in [6.07, 6.45) is 6.36. The third-order valence-electron chi connectivity index (χ3n) is 3.99. The molecule has 3 rings (SSSR count). The van der Waals surface area contributed by atoms with E-state index in [1.807, 2.05) is 19.1 Å². The lowest BCUT2D eigenvalue weighted by molar-refractivity contribution is 0.352. The van der Waals surface area contributed by atoms with E-state index < -0.39 is 0 Å². The molecule has 1 saturated carbocycles. The highest BCUT2D eigenvalue weighted by Crippen LogP contribution is 2.36. The molecule has 0 amide bonds. The van der Waals surface area contributed by atoms with Gasteiger partial charge in [-0.3, -0.25) is 0 Å². The molecule has 0 spiro atoms. The standard InChI is InChI=1S/C15H18Cl2N2/c1-10(16)15-18-14-12(17)8-5-9-13(14)19(15)11-6-3-2-4-7-11/h5,8-11H,2-4,6-7H2,1H3. The summed E-state index contributed by atoms with van der Waals surface area (Å²) in [4.78, 5) is 4.69. The zero-order valence-electron chi connectivity index (χ0n) is 11.1. The molecule has 1 aromatic carbocycles. The summed E-state index contributed by atoms with van der Waals surface area (Å²) in [5.41, 5.74) is 2.01. The van der Waals surface area contributed by atoms with Crippen LogP contribution in [0.2, 0.25) is 5.02 Å². The fraction of sp³-hybridized carbons (Fsp3) is 0.533. The molecule has 0 aliphatic heterocycles. The third-order valence-corrected chi connectivity index (χ3v) is 4.49. The summed E-state index contributed by atoms with van der Waals surface area (Å²) in [6, 6.07) is 6.51. The van der Waals surface area contributed by atoms with E-state index in [2.05, 4.69) is 15.6 Å². The van der Waals surface area contributed by atoms with Crippen LogP contribution in [0.15, 0.2) is 18.2 Å². The van der Waals surface area contributed by atoms with Gasteiger partial charge in [0.25, 0.3) is 0 Å². The molecule has 4 heteroatoms. The van der Waals surface area contributed by atoms with Crippen LogP contribution in [0, 0.1) is 0 Å². The quantitative estimate of drug-likeness (QED) is 0.670. The molecule has 1 atom stereocenters. The smallest absolute Gasteiger partial charge is 0.128 e. The van der Waals surface area contributed by atoms with Gasteiger partial charge in [0.2, 0.25) is 0 Å². The second-order valence-electron chi connectivity index (χ2n) is 5.36. The lowest BCUT2D eigenvalue weighted by Crippen LogP contribution is -2.15. The van der Waals surface area contributed by atoms with Crippen LogP contribution in [0.25, 0.3) is 11.0 Å². The van der Waals surface area contributed by atoms with Crippen LogP contribution in [-0.2, 0) is 0 Å². The molecule has 1 aromatic heterocycles. The molecule has 102 valence electrons. The number of rotatable bonds is 2. The number of benzene rings is 1. The second-order valence-corrected chi connectivity index (χ2v) is 6.42. The molecule has 2 aromatic rings. The maximum absolute atomic E-state index is 6.32. The minimum Gasteiger partial charge on any atom is -0.324 e. The number of hydrogen-bond acceptors (Lipinski definition) is 1. The summed E-state index contributed by atoms with van der Waals surface area (Å²) in [5.74, 6) is 0.955. The summed E-state index contributed by atoms with van der Waals surface area (Å²) in [6.45, 7) is 1.98. The molecule has 0 radical (unpaired) electrons. The van der Waals surface area contributed by atoms with Crippen molar-refractivity contribution in [1.29, 1.82) is 0 Å². The summed E-state index contributed by atoms with van der Waals surface area (Å²) >= 11 is 12.6. The molecule has 19 heavy (non-hydrogen) atoms. The number of fused-ring (bicyclic) bond motifs is 1. The Bertz CT molecular complexity index is 583. The molecule has 0 saturated heterocycles. The number of para-hydroxylation sites is 1. The van der Waals surface area contributed by atoms with E-state index in [0.29, 0.717) is 11.1 Å². The topological polar surface area (TPSA) is 17.8 Å². The maximum Gasteiger partial charge on any atom is 0.128 e. The van der Waals surface area contributed by atoms with Crippen LogP contribution in [0.4, 0.5) is 0 Å². The van der Waals surface area contributed by atoms with E-state index in [1.165, 1.54) is 32.1 Å². The van der Waals surface area contributed by atoms with E-state index in [4.69, 9.17) is 23.2 Å². The normalized spacial score (nSPS) is 18.9. The van der Waals surface area contributed by atoms with E-state index >= 15 is 0 Å². The summed E-state index contributed by atoms with van der Waals surface area (Å²) < 4.78 is 2.33. The van der Waals surface area contributed by atoms with Crippen LogP contribution >= 0.6 is 23.2 Å². The van der Waals surface area contributed by atoms with E-state index in [0.717, 1.165) is 16.9 Å². The number of nitrogens with zero attached hydrogens (tertiary/aromatic N) is 2. The van der Waals surface area contributed by atoms with Crippen molar-refractivity contribution in [1.82, 2.24) is 9.55 Å². The first-order valence-corrected chi connectivity index (χ1v) is 7.80. The van der Waals surface area contributed by atoms with Gasteiger partial charge in [0.15, 0.2) is 0 Å². The van der Waals surface area contributed by atoms with Gasteiger partial charge in [0.1, 0.15) is 11.3 Å². The minimum atomic E-state index is -0.0922. The van der Waals surface area contributed by atoms with Gasteiger partial charge in [-0.1, -0.05) is 36.9 Å². The lowest BCUT2D eigenvalue weighted by atomic mass is 9.95. The van der Waals surface area contributed by atoms with Crippen molar-refractivity contribution < 1.29 is 0 Å². The molecule has 0 N–H and O–H groups in total. The summed E-state index contributed by atoms with van der Waals surface area (Å²) in [5, 5.41) is 0.621.